The normalized spacial score (nSPS) is 15.0. The summed E-state index contributed by atoms with van der Waals surface area (Å²) in [7, 11) is 1.50. The summed E-state index contributed by atoms with van der Waals surface area (Å²) in [5, 5.41) is 4.66. The largest absolute Gasteiger partial charge is 0.497 e. The predicted molar refractivity (Wildman–Crippen MR) is 145 cm³/mol. The van der Waals surface area contributed by atoms with E-state index in [4.69, 9.17) is 28.6 Å². The van der Waals surface area contributed by atoms with Crippen molar-refractivity contribution in [1.82, 2.24) is 15.8 Å². The van der Waals surface area contributed by atoms with Crippen LogP contribution in [0.2, 0.25) is 5.02 Å². The molecular formula is C27H25ClN4O4S. The summed E-state index contributed by atoms with van der Waals surface area (Å²) in [6.07, 6.45) is 0.451. The molecule has 8 nitrogen and oxygen atoms in total. The molecule has 1 aliphatic heterocycles. The molecule has 0 spiro atoms. The first kappa shape index (κ1) is 26.1. The van der Waals surface area contributed by atoms with Crippen molar-refractivity contribution in [1.29, 1.82) is 0 Å². The van der Waals surface area contributed by atoms with Gasteiger partial charge in [-0.2, -0.15) is 0 Å². The average Bonchev–Trinajstić information content (AvgIpc) is 3.13. The number of halogens is 1. The fourth-order valence-corrected chi connectivity index (χ4v) is 4.40. The molecule has 1 saturated heterocycles. The molecule has 1 aliphatic rings. The monoisotopic (exact) mass is 536 g/mol. The molecule has 10 heteroatoms. The number of carbonyl (C=O) groups is 3. The molecule has 3 aromatic rings. The highest BCUT2D eigenvalue weighted by Gasteiger charge is 2.45. The summed E-state index contributed by atoms with van der Waals surface area (Å²) in [6, 6.07) is 21.9. The number of anilines is 1. The molecule has 1 unspecified atom stereocenters. The fourth-order valence-electron chi connectivity index (χ4n) is 3.90. The highest BCUT2D eigenvalue weighted by molar-refractivity contribution is 7.80. The van der Waals surface area contributed by atoms with Gasteiger partial charge in [-0.15, -0.1) is 0 Å². The lowest BCUT2D eigenvalue weighted by Gasteiger charge is -2.24. The van der Waals surface area contributed by atoms with Gasteiger partial charge >= 0.3 is 0 Å². The lowest BCUT2D eigenvalue weighted by Crippen LogP contribution is -2.50. The number of benzene rings is 3. The summed E-state index contributed by atoms with van der Waals surface area (Å²) in [4.78, 5) is 40.6. The molecule has 1 heterocycles. The van der Waals surface area contributed by atoms with Crippen molar-refractivity contribution in [3.63, 3.8) is 0 Å². The number of hydrazine groups is 1. The van der Waals surface area contributed by atoms with Crippen LogP contribution in [0.4, 0.5) is 5.69 Å². The van der Waals surface area contributed by atoms with Crippen LogP contribution in [0.1, 0.15) is 22.3 Å². The van der Waals surface area contributed by atoms with Crippen molar-refractivity contribution < 1.29 is 19.1 Å². The summed E-state index contributed by atoms with van der Waals surface area (Å²) in [5.41, 5.74) is 4.58. The van der Waals surface area contributed by atoms with Crippen LogP contribution in [-0.2, 0) is 16.0 Å². The highest BCUT2D eigenvalue weighted by atomic mass is 35.5. The quantitative estimate of drug-likeness (QED) is 0.405. The number of nitrogens with zero attached hydrogens (tertiary/aromatic N) is 2. The Bertz CT molecular complexity index is 1300. The highest BCUT2D eigenvalue weighted by Crippen LogP contribution is 2.27. The molecule has 1 fully saturated rings. The van der Waals surface area contributed by atoms with E-state index in [1.54, 1.807) is 48.5 Å². The molecule has 4 rings (SSSR count). The Labute approximate surface area is 225 Å². The van der Waals surface area contributed by atoms with Gasteiger partial charge in [0.2, 0.25) is 11.0 Å². The number of carbonyl (C=O) groups excluding carboxylic acids is 3. The second kappa shape index (κ2) is 11.9. The van der Waals surface area contributed by atoms with E-state index in [0.29, 0.717) is 35.0 Å². The first-order valence-corrected chi connectivity index (χ1v) is 12.3. The molecule has 3 aromatic carbocycles. The molecule has 3 amide bonds. The molecule has 190 valence electrons. The van der Waals surface area contributed by atoms with Gasteiger partial charge in [0, 0.05) is 17.1 Å². The SMILES string of the molecule is COc1cccc(C(=O)NN2C(=S)N(c3ccc(Cl)cc3)C(=O)C2CC(=O)NCCc2ccccc2)c1. The number of amides is 3. The molecule has 37 heavy (non-hydrogen) atoms. The molecular weight excluding hydrogens is 512 g/mol. The number of rotatable bonds is 9. The lowest BCUT2D eigenvalue weighted by molar-refractivity contribution is -0.127. The van der Waals surface area contributed by atoms with Crippen molar-refractivity contribution >= 4 is 52.3 Å². The Hall–Kier alpha value is -3.95. The minimum atomic E-state index is -1.03. The number of thiocarbonyl (C=S) groups is 1. The van der Waals surface area contributed by atoms with Crippen LogP contribution in [0.15, 0.2) is 78.9 Å². The van der Waals surface area contributed by atoms with E-state index in [9.17, 15) is 14.4 Å². The van der Waals surface area contributed by atoms with Gasteiger partial charge in [0.25, 0.3) is 11.8 Å². The van der Waals surface area contributed by atoms with Crippen molar-refractivity contribution in [3.05, 3.63) is 95.0 Å². The van der Waals surface area contributed by atoms with E-state index in [2.05, 4.69) is 10.7 Å². The Morgan fingerprint density at radius 3 is 2.46 bits per heavy atom. The molecule has 2 N–H and O–H groups in total. The molecule has 1 atom stereocenters. The van der Waals surface area contributed by atoms with E-state index in [-0.39, 0.29) is 17.4 Å². The Kier molecular flexibility index (Phi) is 8.37. The van der Waals surface area contributed by atoms with Crippen LogP contribution in [0.5, 0.6) is 5.75 Å². The van der Waals surface area contributed by atoms with Gasteiger partial charge < -0.3 is 10.1 Å². The van der Waals surface area contributed by atoms with E-state index in [1.807, 2.05) is 30.3 Å². The number of ether oxygens (including phenoxy) is 1. The van der Waals surface area contributed by atoms with Gasteiger partial charge in [-0.1, -0.05) is 48.0 Å². The molecule has 0 aromatic heterocycles. The number of hydrogen-bond acceptors (Lipinski definition) is 5. The molecule has 0 aliphatic carbocycles. The third kappa shape index (κ3) is 6.25. The van der Waals surface area contributed by atoms with Gasteiger partial charge in [-0.05, 0) is 66.7 Å². The molecule has 0 bridgehead atoms. The summed E-state index contributed by atoms with van der Waals surface area (Å²) in [6.45, 7) is 0.408. The maximum absolute atomic E-state index is 13.5. The Balaban J connectivity index is 1.52. The van der Waals surface area contributed by atoms with Gasteiger partial charge in [0.1, 0.15) is 11.8 Å². The summed E-state index contributed by atoms with van der Waals surface area (Å²) < 4.78 is 5.20. The standard InChI is InChI=1S/C27H25ClN4O4S/c1-36-22-9-5-8-19(16-22)25(34)30-32-23(17-24(33)29-15-14-18-6-3-2-4-7-18)26(35)31(27(32)37)21-12-10-20(28)11-13-21/h2-13,16,23H,14-15,17H2,1H3,(H,29,33)(H,30,34). The number of hydrogen-bond donors (Lipinski definition) is 2. The fraction of sp³-hybridized carbons (Fsp3) is 0.185. The smallest absolute Gasteiger partial charge is 0.270 e. The average molecular weight is 537 g/mol. The lowest BCUT2D eigenvalue weighted by atomic mass is 10.1. The number of methoxy groups -OCH3 is 1. The van der Waals surface area contributed by atoms with Crippen molar-refractivity contribution in [2.75, 3.05) is 18.6 Å². The first-order chi connectivity index (χ1) is 17.9. The van der Waals surface area contributed by atoms with Gasteiger partial charge in [-0.3, -0.25) is 24.7 Å². The third-order valence-electron chi connectivity index (χ3n) is 5.81. The first-order valence-electron chi connectivity index (χ1n) is 11.6. The minimum absolute atomic E-state index is 0.0469. The van der Waals surface area contributed by atoms with Crippen LogP contribution in [0.3, 0.4) is 0 Å². The van der Waals surface area contributed by atoms with Gasteiger partial charge in [-0.25, -0.2) is 5.01 Å². The second-order valence-electron chi connectivity index (χ2n) is 8.28. The van der Waals surface area contributed by atoms with Crippen LogP contribution in [0, 0.1) is 0 Å². The minimum Gasteiger partial charge on any atom is -0.497 e. The summed E-state index contributed by atoms with van der Waals surface area (Å²) >= 11 is 11.6. The molecule has 0 radical (unpaired) electrons. The third-order valence-corrected chi connectivity index (χ3v) is 6.44. The van der Waals surface area contributed by atoms with Crippen molar-refractivity contribution in [2.45, 2.75) is 18.9 Å². The second-order valence-corrected chi connectivity index (χ2v) is 9.08. The van der Waals surface area contributed by atoms with Crippen LogP contribution >= 0.6 is 23.8 Å². The van der Waals surface area contributed by atoms with E-state index in [1.165, 1.54) is 17.0 Å². The van der Waals surface area contributed by atoms with E-state index in [0.717, 1.165) is 5.56 Å². The topological polar surface area (TPSA) is 91.0 Å². The zero-order valence-electron chi connectivity index (χ0n) is 20.0. The van der Waals surface area contributed by atoms with E-state index >= 15 is 0 Å². The maximum Gasteiger partial charge on any atom is 0.270 e. The number of nitrogens with one attached hydrogen (secondary N) is 2. The predicted octanol–water partition coefficient (Wildman–Crippen LogP) is 3.74. The zero-order valence-corrected chi connectivity index (χ0v) is 21.6. The zero-order chi connectivity index (χ0) is 26.4. The Morgan fingerprint density at radius 1 is 1.03 bits per heavy atom. The van der Waals surface area contributed by atoms with Gasteiger partial charge in [0.15, 0.2) is 0 Å². The van der Waals surface area contributed by atoms with E-state index < -0.39 is 17.9 Å². The van der Waals surface area contributed by atoms with Crippen molar-refractivity contribution in [3.8, 4) is 5.75 Å². The van der Waals surface area contributed by atoms with Crippen LogP contribution < -0.4 is 20.4 Å². The Morgan fingerprint density at radius 2 is 1.76 bits per heavy atom. The maximum atomic E-state index is 13.5. The van der Waals surface area contributed by atoms with Gasteiger partial charge in [0.05, 0.1) is 19.2 Å². The summed E-state index contributed by atoms with van der Waals surface area (Å²) in [5.74, 6) is -0.765. The van der Waals surface area contributed by atoms with Crippen molar-refractivity contribution in [2.24, 2.45) is 0 Å². The van der Waals surface area contributed by atoms with Crippen LogP contribution in [0.25, 0.3) is 0 Å². The van der Waals surface area contributed by atoms with Crippen LogP contribution in [-0.4, -0.2) is 47.5 Å². The molecule has 0 saturated carbocycles.